The van der Waals surface area contributed by atoms with E-state index in [2.05, 4.69) is 39.4 Å². The number of hydrogen-bond acceptors (Lipinski definition) is 4. The van der Waals surface area contributed by atoms with Gasteiger partial charge < -0.3 is 10.2 Å². The Morgan fingerprint density at radius 3 is 3.00 bits per heavy atom. The molecule has 0 bridgehead atoms. The second-order valence-electron chi connectivity index (χ2n) is 4.46. The molecule has 0 unspecified atom stereocenters. The number of nitrogens with zero attached hydrogens (tertiary/aromatic N) is 3. The van der Waals surface area contributed by atoms with Gasteiger partial charge in [0.05, 0.1) is 18.8 Å². The second kappa shape index (κ2) is 4.64. The summed E-state index contributed by atoms with van der Waals surface area (Å²) in [5, 5.41) is 5.78. The van der Waals surface area contributed by atoms with E-state index >= 15 is 0 Å². The van der Waals surface area contributed by atoms with Gasteiger partial charge in [0.25, 0.3) is 0 Å². The minimum atomic E-state index is 0.713. The molecule has 4 heteroatoms. The van der Waals surface area contributed by atoms with Crippen LogP contribution in [0, 0.1) is 0 Å². The zero-order valence-corrected chi connectivity index (χ0v) is 10.4. The fraction of sp³-hybridized carbons (Fsp3) is 0.286. The summed E-state index contributed by atoms with van der Waals surface area (Å²) in [4.78, 5) is 11.0. The number of rotatable bonds is 2. The molecule has 0 amide bonds. The first-order valence-electron chi connectivity index (χ1n) is 6.17. The topological polar surface area (TPSA) is 40.5 Å². The van der Waals surface area contributed by atoms with E-state index in [-0.39, 0.29) is 0 Å². The number of aliphatic imine (C=N–C) groups is 1. The number of nitrogens with one attached hydrogen (secondary N) is 1. The van der Waals surface area contributed by atoms with Crippen LogP contribution in [-0.4, -0.2) is 36.0 Å². The highest BCUT2D eigenvalue weighted by Crippen LogP contribution is 2.16. The average molecular weight is 240 g/mol. The Labute approximate surface area is 106 Å². The Bertz CT molecular complexity index is 586. The van der Waals surface area contributed by atoms with Gasteiger partial charge >= 0.3 is 0 Å². The van der Waals surface area contributed by atoms with E-state index in [1.807, 2.05) is 24.4 Å². The minimum Gasteiger partial charge on any atom is -0.351 e. The van der Waals surface area contributed by atoms with Crippen LogP contribution in [0.15, 0.2) is 41.5 Å². The maximum atomic E-state index is 4.46. The Kier molecular flexibility index (Phi) is 2.84. The molecule has 1 aliphatic rings. The quantitative estimate of drug-likeness (QED) is 0.867. The van der Waals surface area contributed by atoms with Crippen molar-refractivity contribution in [3.63, 3.8) is 0 Å². The van der Waals surface area contributed by atoms with Crippen molar-refractivity contribution in [2.24, 2.45) is 4.99 Å². The van der Waals surface area contributed by atoms with Crippen LogP contribution >= 0.6 is 0 Å². The molecule has 1 aliphatic heterocycles. The van der Waals surface area contributed by atoms with Gasteiger partial charge in [0, 0.05) is 25.2 Å². The SMILES string of the molecule is CN1CCN=C1NCc1nccc2ccccc12. The number of pyridine rings is 1. The van der Waals surface area contributed by atoms with Gasteiger partial charge in [-0.05, 0) is 11.5 Å². The predicted octanol–water partition coefficient (Wildman–Crippen LogP) is 1.63. The lowest BCUT2D eigenvalue weighted by Crippen LogP contribution is -2.35. The molecule has 0 saturated carbocycles. The van der Waals surface area contributed by atoms with Crippen molar-refractivity contribution in [1.29, 1.82) is 0 Å². The van der Waals surface area contributed by atoms with Crippen LogP contribution in [-0.2, 0) is 6.54 Å². The van der Waals surface area contributed by atoms with Crippen LogP contribution in [0.1, 0.15) is 5.69 Å². The fourth-order valence-corrected chi connectivity index (χ4v) is 2.21. The lowest BCUT2D eigenvalue weighted by Gasteiger charge is -2.15. The number of aromatic nitrogens is 1. The summed E-state index contributed by atoms with van der Waals surface area (Å²) in [5.74, 6) is 0.963. The first kappa shape index (κ1) is 11.0. The van der Waals surface area contributed by atoms with Crippen LogP contribution in [0.25, 0.3) is 10.8 Å². The van der Waals surface area contributed by atoms with E-state index < -0.39 is 0 Å². The second-order valence-corrected chi connectivity index (χ2v) is 4.46. The summed E-state index contributed by atoms with van der Waals surface area (Å²) in [5.41, 5.74) is 1.07. The maximum absolute atomic E-state index is 4.46. The fourth-order valence-electron chi connectivity index (χ4n) is 2.21. The monoisotopic (exact) mass is 240 g/mol. The summed E-state index contributed by atoms with van der Waals surface area (Å²) >= 11 is 0. The Balaban J connectivity index is 1.82. The van der Waals surface area contributed by atoms with E-state index in [4.69, 9.17) is 0 Å². The standard InChI is InChI=1S/C14H16N4/c1-18-9-8-16-14(18)17-10-13-12-5-3-2-4-11(12)6-7-15-13/h2-7H,8-10H2,1H3,(H,16,17). The molecule has 1 N–H and O–H groups in total. The van der Waals surface area contributed by atoms with Crippen LogP contribution in [0.5, 0.6) is 0 Å². The van der Waals surface area contributed by atoms with Gasteiger partial charge in [-0.1, -0.05) is 24.3 Å². The predicted molar refractivity (Wildman–Crippen MR) is 73.5 cm³/mol. The van der Waals surface area contributed by atoms with Gasteiger partial charge in [0.1, 0.15) is 0 Å². The van der Waals surface area contributed by atoms with Crippen molar-refractivity contribution in [2.45, 2.75) is 6.54 Å². The van der Waals surface area contributed by atoms with Gasteiger partial charge in [-0.25, -0.2) is 0 Å². The molecule has 3 rings (SSSR count). The number of likely N-dealkylation sites (N-methyl/N-ethyl adjacent to an activating group) is 1. The summed E-state index contributed by atoms with van der Waals surface area (Å²) in [7, 11) is 2.05. The largest absolute Gasteiger partial charge is 0.351 e. The smallest absolute Gasteiger partial charge is 0.194 e. The molecule has 0 fully saturated rings. The van der Waals surface area contributed by atoms with Crippen LogP contribution < -0.4 is 5.32 Å². The molecule has 2 aromatic rings. The first-order valence-corrected chi connectivity index (χ1v) is 6.17. The molecular formula is C14H16N4. The first-order chi connectivity index (χ1) is 8.84. The van der Waals surface area contributed by atoms with Gasteiger partial charge in [-0.3, -0.25) is 9.98 Å². The molecule has 0 spiro atoms. The Hall–Kier alpha value is -2.10. The molecule has 1 aromatic carbocycles. The normalized spacial score (nSPS) is 14.9. The lowest BCUT2D eigenvalue weighted by molar-refractivity contribution is 0.533. The van der Waals surface area contributed by atoms with E-state index in [0.29, 0.717) is 6.54 Å². The molecule has 1 aromatic heterocycles. The minimum absolute atomic E-state index is 0.713. The number of benzene rings is 1. The summed E-state index contributed by atoms with van der Waals surface area (Å²) in [6.07, 6.45) is 1.86. The van der Waals surface area contributed by atoms with E-state index in [1.54, 1.807) is 0 Å². The van der Waals surface area contributed by atoms with Crippen molar-refractivity contribution >= 4 is 16.7 Å². The number of fused-ring (bicyclic) bond motifs is 1. The van der Waals surface area contributed by atoms with Crippen LogP contribution in [0.2, 0.25) is 0 Å². The Morgan fingerprint density at radius 2 is 2.17 bits per heavy atom. The molecule has 0 saturated heterocycles. The van der Waals surface area contributed by atoms with Crippen molar-refractivity contribution in [3.05, 3.63) is 42.2 Å². The molecule has 18 heavy (non-hydrogen) atoms. The van der Waals surface area contributed by atoms with Crippen molar-refractivity contribution in [2.75, 3.05) is 20.1 Å². The van der Waals surface area contributed by atoms with Gasteiger partial charge in [0.15, 0.2) is 5.96 Å². The lowest BCUT2D eigenvalue weighted by atomic mass is 10.1. The van der Waals surface area contributed by atoms with Gasteiger partial charge in [-0.15, -0.1) is 0 Å². The molecule has 2 heterocycles. The maximum Gasteiger partial charge on any atom is 0.194 e. The van der Waals surface area contributed by atoms with Crippen molar-refractivity contribution < 1.29 is 0 Å². The third-order valence-electron chi connectivity index (χ3n) is 3.23. The Morgan fingerprint density at radius 1 is 1.28 bits per heavy atom. The zero-order chi connectivity index (χ0) is 12.4. The van der Waals surface area contributed by atoms with Crippen molar-refractivity contribution in [1.82, 2.24) is 15.2 Å². The molecule has 4 nitrogen and oxygen atoms in total. The molecule has 0 atom stereocenters. The summed E-state index contributed by atoms with van der Waals surface area (Å²) in [6, 6.07) is 10.4. The van der Waals surface area contributed by atoms with Crippen LogP contribution in [0.3, 0.4) is 0 Å². The van der Waals surface area contributed by atoms with E-state index in [9.17, 15) is 0 Å². The average Bonchev–Trinajstić information content (AvgIpc) is 2.82. The van der Waals surface area contributed by atoms with Gasteiger partial charge in [-0.2, -0.15) is 0 Å². The zero-order valence-electron chi connectivity index (χ0n) is 10.4. The van der Waals surface area contributed by atoms with Gasteiger partial charge in [0.2, 0.25) is 0 Å². The molecule has 0 radical (unpaired) electrons. The molecule has 92 valence electrons. The summed E-state index contributed by atoms with van der Waals surface area (Å²) in [6.45, 7) is 2.58. The third kappa shape index (κ3) is 2.01. The highest BCUT2D eigenvalue weighted by molar-refractivity contribution is 5.85. The molecular weight excluding hydrogens is 224 g/mol. The molecule has 0 aliphatic carbocycles. The highest BCUT2D eigenvalue weighted by Gasteiger charge is 2.12. The summed E-state index contributed by atoms with van der Waals surface area (Å²) < 4.78 is 0. The number of hydrogen-bond donors (Lipinski definition) is 1. The van der Waals surface area contributed by atoms with Crippen molar-refractivity contribution in [3.8, 4) is 0 Å². The number of guanidine groups is 1. The van der Waals surface area contributed by atoms with E-state index in [0.717, 1.165) is 24.7 Å². The van der Waals surface area contributed by atoms with E-state index in [1.165, 1.54) is 10.8 Å². The third-order valence-corrected chi connectivity index (χ3v) is 3.23. The highest BCUT2D eigenvalue weighted by atomic mass is 15.3. The van der Waals surface area contributed by atoms with Crippen LogP contribution in [0.4, 0.5) is 0 Å².